The third-order valence-corrected chi connectivity index (χ3v) is 5.52. The summed E-state index contributed by atoms with van der Waals surface area (Å²) in [7, 11) is 0. The summed E-state index contributed by atoms with van der Waals surface area (Å²) in [5.74, 6) is 0.611. The Labute approximate surface area is 141 Å². The van der Waals surface area contributed by atoms with Crippen LogP contribution in [-0.4, -0.2) is 53.7 Å². The van der Waals surface area contributed by atoms with Gasteiger partial charge in [0.1, 0.15) is 0 Å². The summed E-state index contributed by atoms with van der Waals surface area (Å²) in [4.78, 5) is 9.50. The van der Waals surface area contributed by atoms with Crippen LogP contribution in [-0.2, 0) is 17.8 Å². The molecule has 2 aromatic rings. The average Bonchev–Trinajstić information content (AvgIpc) is 3.15. The molecule has 0 radical (unpaired) electrons. The maximum Gasteiger partial charge on any atom is 0.0755 e. The quantitative estimate of drug-likeness (QED) is 0.862. The molecule has 2 aromatic heterocycles. The van der Waals surface area contributed by atoms with E-state index in [1.165, 1.54) is 5.56 Å². The van der Waals surface area contributed by atoms with Crippen molar-refractivity contribution >= 4 is 11.3 Å². The van der Waals surface area contributed by atoms with Crippen molar-refractivity contribution < 1.29 is 4.74 Å². The third kappa shape index (κ3) is 3.80. The van der Waals surface area contributed by atoms with Crippen LogP contribution in [0.5, 0.6) is 0 Å². The van der Waals surface area contributed by atoms with E-state index in [0.29, 0.717) is 12.0 Å². The van der Waals surface area contributed by atoms with Crippen molar-refractivity contribution in [2.45, 2.75) is 19.2 Å². The molecule has 2 aliphatic heterocycles. The molecule has 5 heteroatoms. The highest BCUT2D eigenvalue weighted by Gasteiger charge is 2.36. The second kappa shape index (κ2) is 7.09. The number of rotatable bonds is 4. The maximum atomic E-state index is 6.14. The zero-order valence-corrected chi connectivity index (χ0v) is 14.1. The molecule has 0 bridgehead atoms. The van der Waals surface area contributed by atoms with Gasteiger partial charge in [-0.1, -0.05) is 6.07 Å². The first-order chi connectivity index (χ1) is 11.4. The zero-order chi connectivity index (χ0) is 15.5. The van der Waals surface area contributed by atoms with Crippen LogP contribution in [0.1, 0.15) is 11.3 Å². The molecule has 4 rings (SSSR count). The maximum absolute atomic E-state index is 6.14. The lowest BCUT2D eigenvalue weighted by atomic mass is 10.1. The molecule has 2 aliphatic rings. The predicted molar refractivity (Wildman–Crippen MR) is 92.3 cm³/mol. The van der Waals surface area contributed by atoms with Crippen molar-refractivity contribution in [1.82, 2.24) is 14.8 Å². The number of thiophene rings is 1. The average molecular weight is 329 g/mol. The van der Waals surface area contributed by atoms with E-state index in [9.17, 15) is 0 Å². The molecule has 0 aliphatic carbocycles. The van der Waals surface area contributed by atoms with Crippen molar-refractivity contribution in [1.29, 1.82) is 0 Å². The summed E-state index contributed by atoms with van der Waals surface area (Å²) in [6, 6.07) is 8.38. The molecule has 0 amide bonds. The SMILES string of the molecule is c1ccc(CN2C[C@@H]3CN(Cc4ccsc4)CCO[C@@H]3C2)nc1. The summed E-state index contributed by atoms with van der Waals surface area (Å²) in [6.45, 7) is 7.16. The molecule has 0 N–H and O–H groups in total. The van der Waals surface area contributed by atoms with Gasteiger partial charge >= 0.3 is 0 Å². The van der Waals surface area contributed by atoms with Crippen LogP contribution < -0.4 is 0 Å². The molecule has 2 atom stereocenters. The standard InChI is InChI=1S/C18H23N3OS/c1-2-5-19-17(3-1)12-21-11-16-10-20(6-7-22-18(16)13-21)9-15-4-8-23-14-15/h1-5,8,14,16,18H,6-7,9-13H2/t16-,18+/m0/s1. The van der Waals surface area contributed by atoms with Gasteiger partial charge in [-0.3, -0.25) is 14.8 Å². The van der Waals surface area contributed by atoms with Crippen molar-refractivity contribution in [3.05, 3.63) is 52.5 Å². The van der Waals surface area contributed by atoms with E-state index in [-0.39, 0.29) is 0 Å². The summed E-state index contributed by atoms with van der Waals surface area (Å²) >= 11 is 1.78. The molecule has 2 saturated heterocycles. The van der Waals surface area contributed by atoms with Gasteiger partial charge in [0.25, 0.3) is 0 Å². The molecule has 23 heavy (non-hydrogen) atoms. The number of hydrogen-bond donors (Lipinski definition) is 0. The van der Waals surface area contributed by atoms with Crippen LogP contribution >= 0.6 is 11.3 Å². The lowest BCUT2D eigenvalue weighted by Gasteiger charge is -2.23. The highest BCUT2D eigenvalue weighted by molar-refractivity contribution is 7.07. The Morgan fingerprint density at radius 2 is 2.09 bits per heavy atom. The Morgan fingerprint density at radius 1 is 1.13 bits per heavy atom. The Kier molecular flexibility index (Phi) is 4.71. The summed E-state index contributed by atoms with van der Waals surface area (Å²) in [5.41, 5.74) is 2.58. The molecule has 0 aromatic carbocycles. The number of ether oxygens (including phenoxy) is 1. The fourth-order valence-corrected chi connectivity index (χ4v) is 4.34. The number of nitrogens with zero attached hydrogens (tertiary/aromatic N) is 3. The highest BCUT2D eigenvalue weighted by Crippen LogP contribution is 2.25. The van der Waals surface area contributed by atoms with Crippen LogP contribution in [0, 0.1) is 5.92 Å². The number of pyridine rings is 1. The first-order valence-electron chi connectivity index (χ1n) is 8.34. The van der Waals surface area contributed by atoms with Crippen molar-refractivity contribution in [3.63, 3.8) is 0 Å². The Balaban J connectivity index is 1.36. The Morgan fingerprint density at radius 3 is 2.91 bits per heavy atom. The summed E-state index contributed by atoms with van der Waals surface area (Å²) < 4.78 is 6.14. The van der Waals surface area contributed by atoms with Gasteiger partial charge in [0.15, 0.2) is 0 Å². The third-order valence-electron chi connectivity index (χ3n) is 4.79. The van der Waals surface area contributed by atoms with Gasteiger partial charge in [0.2, 0.25) is 0 Å². The first kappa shape index (κ1) is 15.3. The van der Waals surface area contributed by atoms with Crippen LogP contribution in [0.25, 0.3) is 0 Å². The first-order valence-corrected chi connectivity index (χ1v) is 9.28. The van der Waals surface area contributed by atoms with Gasteiger partial charge in [-0.2, -0.15) is 11.3 Å². The van der Waals surface area contributed by atoms with Gasteiger partial charge in [0.05, 0.1) is 18.4 Å². The van der Waals surface area contributed by atoms with Gasteiger partial charge in [-0.25, -0.2) is 0 Å². The lowest BCUT2D eigenvalue weighted by Crippen LogP contribution is -2.32. The van der Waals surface area contributed by atoms with Gasteiger partial charge in [-0.05, 0) is 34.5 Å². The predicted octanol–water partition coefficient (Wildman–Crippen LogP) is 2.48. The minimum Gasteiger partial charge on any atom is -0.375 e. The molecule has 2 fully saturated rings. The summed E-state index contributed by atoms with van der Waals surface area (Å²) in [6.07, 6.45) is 2.26. The van der Waals surface area contributed by atoms with E-state index >= 15 is 0 Å². The van der Waals surface area contributed by atoms with Gasteiger partial charge in [0, 0.05) is 51.4 Å². The number of fused-ring (bicyclic) bond motifs is 1. The van der Waals surface area contributed by atoms with Crippen LogP contribution in [0.15, 0.2) is 41.2 Å². The van der Waals surface area contributed by atoms with Crippen LogP contribution in [0.2, 0.25) is 0 Å². The molecule has 0 saturated carbocycles. The molecular formula is C18H23N3OS. The fraction of sp³-hybridized carbons (Fsp3) is 0.500. The molecule has 122 valence electrons. The van der Waals surface area contributed by atoms with Crippen molar-refractivity contribution in [2.24, 2.45) is 5.92 Å². The minimum absolute atomic E-state index is 0.381. The molecule has 0 spiro atoms. The van der Waals surface area contributed by atoms with E-state index in [1.807, 2.05) is 12.3 Å². The summed E-state index contributed by atoms with van der Waals surface area (Å²) in [5, 5.41) is 4.42. The Hall–Kier alpha value is -1.27. The number of likely N-dealkylation sites (tertiary alicyclic amines) is 1. The largest absolute Gasteiger partial charge is 0.375 e. The molecule has 4 nitrogen and oxygen atoms in total. The zero-order valence-electron chi connectivity index (χ0n) is 13.3. The smallest absolute Gasteiger partial charge is 0.0755 e. The minimum atomic E-state index is 0.381. The monoisotopic (exact) mass is 329 g/mol. The molecule has 0 unspecified atom stereocenters. The highest BCUT2D eigenvalue weighted by atomic mass is 32.1. The van der Waals surface area contributed by atoms with Gasteiger partial charge < -0.3 is 4.74 Å². The fourth-order valence-electron chi connectivity index (χ4n) is 3.68. The normalized spacial score (nSPS) is 26.1. The van der Waals surface area contributed by atoms with Crippen molar-refractivity contribution in [2.75, 3.05) is 32.8 Å². The van der Waals surface area contributed by atoms with Crippen molar-refractivity contribution in [3.8, 4) is 0 Å². The van der Waals surface area contributed by atoms with E-state index in [2.05, 4.69) is 43.7 Å². The topological polar surface area (TPSA) is 28.6 Å². The van der Waals surface area contributed by atoms with Gasteiger partial charge in [-0.15, -0.1) is 0 Å². The second-order valence-electron chi connectivity index (χ2n) is 6.55. The van der Waals surface area contributed by atoms with E-state index in [0.717, 1.165) is 51.6 Å². The van der Waals surface area contributed by atoms with E-state index in [1.54, 1.807) is 11.3 Å². The van der Waals surface area contributed by atoms with E-state index in [4.69, 9.17) is 4.74 Å². The Bertz CT molecular complexity index is 604. The number of aromatic nitrogens is 1. The number of hydrogen-bond acceptors (Lipinski definition) is 5. The van der Waals surface area contributed by atoms with Crippen LogP contribution in [0.3, 0.4) is 0 Å². The lowest BCUT2D eigenvalue weighted by molar-refractivity contribution is 0.0509. The van der Waals surface area contributed by atoms with E-state index < -0.39 is 0 Å². The molecular weight excluding hydrogens is 306 g/mol. The molecule has 4 heterocycles. The van der Waals surface area contributed by atoms with Crippen LogP contribution in [0.4, 0.5) is 0 Å². The second-order valence-corrected chi connectivity index (χ2v) is 7.33.